The maximum absolute atomic E-state index is 12.4. The smallest absolute Gasteiger partial charge is 0.271 e. The van der Waals surface area contributed by atoms with Crippen molar-refractivity contribution in [2.75, 3.05) is 6.54 Å². The average Bonchev–Trinajstić information content (AvgIpc) is 3.32. The van der Waals surface area contributed by atoms with Crippen molar-refractivity contribution in [3.05, 3.63) is 53.3 Å². The molecule has 1 atom stereocenters. The molecule has 1 aliphatic carbocycles. The van der Waals surface area contributed by atoms with Crippen LogP contribution in [0, 0.1) is 0 Å². The van der Waals surface area contributed by atoms with E-state index in [-0.39, 0.29) is 11.4 Å². The SMILES string of the molecule is CC(C)(C)n1nc(C(=O)NCCC(O)c2ccccc2)cc1C1CC1. The predicted octanol–water partition coefficient (Wildman–Crippen LogP) is 3.37. The van der Waals surface area contributed by atoms with Gasteiger partial charge < -0.3 is 10.4 Å². The zero-order chi connectivity index (χ0) is 18.0. The second-order valence-corrected chi connectivity index (χ2v) is 7.78. The Morgan fingerprint density at radius 2 is 2.00 bits per heavy atom. The lowest BCUT2D eigenvalue weighted by Gasteiger charge is -2.22. The van der Waals surface area contributed by atoms with E-state index >= 15 is 0 Å². The molecule has 5 nitrogen and oxygen atoms in total. The lowest BCUT2D eigenvalue weighted by molar-refractivity contribution is 0.0936. The fourth-order valence-corrected chi connectivity index (χ4v) is 2.97. The van der Waals surface area contributed by atoms with Crippen LogP contribution in [-0.2, 0) is 5.54 Å². The van der Waals surface area contributed by atoms with Crippen molar-refractivity contribution >= 4 is 5.91 Å². The molecule has 2 aromatic rings. The Kier molecular flexibility index (Phi) is 4.95. The van der Waals surface area contributed by atoms with Crippen molar-refractivity contribution in [3.63, 3.8) is 0 Å². The van der Waals surface area contributed by atoms with Gasteiger partial charge in [0.1, 0.15) is 5.69 Å². The topological polar surface area (TPSA) is 67.2 Å². The summed E-state index contributed by atoms with van der Waals surface area (Å²) >= 11 is 0. The second kappa shape index (κ2) is 7.00. The number of amides is 1. The fourth-order valence-electron chi connectivity index (χ4n) is 2.97. The van der Waals surface area contributed by atoms with E-state index in [2.05, 4.69) is 31.2 Å². The van der Waals surface area contributed by atoms with E-state index in [4.69, 9.17) is 0 Å². The van der Waals surface area contributed by atoms with Gasteiger partial charge in [-0.25, -0.2) is 0 Å². The molecule has 1 heterocycles. The van der Waals surface area contributed by atoms with Gasteiger partial charge in [0.15, 0.2) is 0 Å². The van der Waals surface area contributed by atoms with Gasteiger partial charge in [0, 0.05) is 18.2 Å². The number of nitrogens with zero attached hydrogens (tertiary/aromatic N) is 2. The predicted molar refractivity (Wildman–Crippen MR) is 97.6 cm³/mol. The molecule has 1 unspecified atom stereocenters. The molecule has 1 fully saturated rings. The quantitative estimate of drug-likeness (QED) is 0.846. The number of rotatable bonds is 6. The van der Waals surface area contributed by atoms with Crippen LogP contribution in [0.2, 0.25) is 0 Å². The van der Waals surface area contributed by atoms with Crippen LogP contribution < -0.4 is 5.32 Å². The first-order chi connectivity index (χ1) is 11.9. The van der Waals surface area contributed by atoms with Crippen molar-refractivity contribution < 1.29 is 9.90 Å². The zero-order valence-electron chi connectivity index (χ0n) is 15.2. The first-order valence-electron chi connectivity index (χ1n) is 8.98. The summed E-state index contributed by atoms with van der Waals surface area (Å²) in [6, 6.07) is 11.4. The fraction of sp³-hybridized carbons (Fsp3) is 0.500. The number of carbonyl (C=O) groups excluding carboxylic acids is 1. The normalized spacial score (nSPS) is 15.8. The van der Waals surface area contributed by atoms with Crippen LogP contribution in [0.1, 0.15) is 73.8 Å². The van der Waals surface area contributed by atoms with Gasteiger partial charge in [0.05, 0.1) is 11.6 Å². The zero-order valence-corrected chi connectivity index (χ0v) is 15.2. The minimum Gasteiger partial charge on any atom is -0.388 e. The van der Waals surface area contributed by atoms with Gasteiger partial charge in [0.2, 0.25) is 0 Å². The van der Waals surface area contributed by atoms with E-state index < -0.39 is 6.10 Å². The van der Waals surface area contributed by atoms with E-state index in [1.165, 1.54) is 12.8 Å². The summed E-state index contributed by atoms with van der Waals surface area (Å²) in [7, 11) is 0. The number of nitrogens with one attached hydrogen (secondary N) is 1. The molecule has 1 aromatic heterocycles. The summed E-state index contributed by atoms with van der Waals surface area (Å²) < 4.78 is 1.98. The molecular formula is C20H27N3O2. The summed E-state index contributed by atoms with van der Waals surface area (Å²) in [5.74, 6) is 0.360. The summed E-state index contributed by atoms with van der Waals surface area (Å²) in [4.78, 5) is 12.4. The van der Waals surface area contributed by atoms with E-state index in [1.807, 2.05) is 41.1 Å². The maximum atomic E-state index is 12.4. The summed E-state index contributed by atoms with van der Waals surface area (Å²) in [6.07, 6.45) is 2.25. The van der Waals surface area contributed by atoms with Crippen molar-refractivity contribution in [2.24, 2.45) is 0 Å². The van der Waals surface area contributed by atoms with E-state index in [1.54, 1.807) is 0 Å². The molecule has 0 bridgehead atoms. The van der Waals surface area contributed by atoms with Crippen molar-refractivity contribution in [2.45, 2.75) is 57.6 Å². The lowest BCUT2D eigenvalue weighted by Crippen LogP contribution is -2.28. The Morgan fingerprint density at radius 1 is 1.32 bits per heavy atom. The van der Waals surface area contributed by atoms with Crippen molar-refractivity contribution in [3.8, 4) is 0 Å². The van der Waals surface area contributed by atoms with Gasteiger partial charge in [-0.2, -0.15) is 5.10 Å². The van der Waals surface area contributed by atoms with Gasteiger partial charge >= 0.3 is 0 Å². The number of aliphatic hydroxyl groups is 1. The van der Waals surface area contributed by atoms with Gasteiger partial charge in [-0.05, 0) is 51.7 Å². The number of hydrogen-bond donors (Lipinski definition) is 2. The Balaban J connectivity index is 1.60. The number of carbonyl (C=O) groups is 1. The Hall–Kier alpha value is -2.14. The summed E-state index contributed by atoms with van der Waals surface area (Å²) in [6.45, 7) is 6.72. The molecule has 2 N–H and O–H groups in total. The van der Waals surface area contributed by atoms with Gasteiger partial charge in [-0.1, -0.05) is 30.3 Å². The third-order valence-electron chi connectivity index (χ3n) is 4.49. The molecule has 1 aliphatic rings. The Labute approximate surface area is 149 Å². The highest BCUT2D eigenvalue weighted by Gasteiger charge is 2.32. The summed E-state index contributed by atoms with van der Waals surface area (Å²) in [5.41, 5.74) is 2.35. The van der Waals surface area contributed by atoms with Crippen molar-refractivity contribution in [1.29, 1.82) is 0 Å². The van der Waals surface area contributed by atoms with Gasteiger partial charge in [0.25, 0.3) is 5.91 Å². The van der Waals surface area contributed by atoms with Crippen LogP contribution in [0.25, 0.3) is 0 Å². The monoisotopic (exact) mass is 341 g/mol. The number of hydrogen-bond acceptors (Lipinski definition) is 3. The largest absolute Gasteiger partial charge is 0.388 e. The van der Waals surface area contributed by atoms with Crippen LogP contribution in [-0.4, -0.2) is 27.3 Å². The minimum atomic E-state index is -0.573. The molecule has 134 valence electrons. The van der Waals surface area contributed by atoms with E-state index in [0.717, 1.165) is 11.3 Å². The number of benzene rings is 1. The van der Waals surface area contributed by atoms with Crippen molar-refractivity contribution in [1.82, 2.24) is 15.1 Å². The Bertz CT molecular complexity index is 727. The molecule has 3 rings (SSSR count). The van der Waals surface area contributed by atoms with Crippen LogP contribution in [0.3, 0.4) is 0 Å². The van der Waals surface area contributed by atoms with Crippen LogP contribution in [0.5, 0.6) is 0 Å². The molecule has 1 saturated carbocycles. The van der Waals surface area contributed by atoms with Crippen LogP contribution in [0.4, 0.5) is 0 Å². The standard InChI is InChI=1S/C20H27N3O2/c1-20(2,3)23-17(14-9-10-14)13-16(22-23)19(25)21-12-11-18(24)15-7-5-4-6-8-15/h4-8,13-14,18,24H,9-12H2,1-3H3,(H,21,25). The highest BCUT2D eigenvalue weighted by molar-refractivity contribution is 5.92. The van der Waals surface area contributed by atoms with E-state index in [9.17, 15) is 9.90 Å². The molecule has 0 radical (unpaired) electrons. The molecule has 0 aliphatic heterocycles. The first kappa shape index (κ1) is 17.7. The molecular weight excluding hydrogens is 314 g/mol. The maximum Gasteiger partial charge on any atom is 0.271 e. The van der Waals surface area contributed by atoms with Crippen LogP contribution >= 0.6 is 0 Å². The molecule has 25 heavy (non-hydrogen) atoms. The molecule has 1 aromatic carbocycles. The third kappa shape index (κ3) is 4.28. The highest BCUT2D eigenvalue weighted by Crippen LogP contribution is 2.41. The minimum absolute atomic E-state index is 0.139. The number of aliphatic hydroxyl groups excluding tert-OH is 1. The average molecular weight is 341 g/mol. The summed E-state index contributed by atoms with van der Waals surface area (Å²) in [5, 5.41) is 17.6. The lowest BCUT2D eigenvalue weighted by atomic mass is 10.1. The highest BCUT2D eigenvalue weighted by atomic mass is 16.3. The molecule has 5 heteroatoms. The third-order valence-corrected chi connectivity index (χ3v) is 4.49. The first-order valence-corrected chi connectivity index (χ1v) is 8.98. The molecule has 0 saturated heterocycles. The van der Waals surface area contributed by atoms with E-state index in [0.29, 0.717) is 24.6 Å². The van der Waals surface area contributed by atoms with Crippen LogP contribution in [0.15, 0.2) is 36.4 Å². The molecule has 1 amide bonds. The Morgan fingerprint density at radius 3 is 2.60 bits per heavy atom. The second-order valence-electron chi connectivity index (χ2n) is 7.78. The van der Waals surface area contributed by atoms with Gasteiger partial charge in [-0.3, -0.25) is 9.48 Å². The molecule has 0 spiro atoms. The van der Waals surface area contributed by atoms with Gasteiger partial charge in [-0.15, -0.1) is 0 Å². The number of aromatic nitrogens is 2.